The molecule has 0 amide bonds. The van der Waals surface area contributed by atoms with Crippen molar-refractivity contribution < 1.29 is 5.11 Å². The molecule has 24 heavy (non-hydrogen) atoms. The highest BCUT2D eigenvalue weighted by Gasteiger charge is 2.45. The van der Waals surface area contributed by atoms with Crippen molar-refractivity contribution in [2.45, 2.75) is 44.4 Å². The van der Waals surface area contributed by atoms with Crippen molar-refractivity contribution in [1.82, 2.24) is 5.32 Å². The van der Waals surface area contributed by atoms with Gasteiger partial charge in [-0.05, 0) is 30.9 Å². The predicted molar refractivity (Wildman–Crippen MR) is 99.7 cm³/mol. The zero-order valence-corrected chi connectivity index (χ0v) is 14.6. The van der Waals surface area contributed by atoms with Crippen molar-refractivity contribution in [2.24, 2.45) is 5.92 Å². The van der Waals surface area contributed by atoms with Crippen LogP contribution in [0.25, 0.3) is 0 Å². The SMILES string of the molecule is C=C(C)CC1(O)CC(c2ccccc2)NC(c2ccccc2)C1C. The van der Waals surface area contributed by atoms with Crippen molar-refractivity contribution >= 4 is 0 Å². The monoisotopic (exact) mass is 321 g/mol. The van der Waals surface area contributed by atoms with E-state index < -0.39 is 5.60 Å². The molecule has 1 aliphatic heterocycles. The first kappa shape index (κ1) is 16.9. The van der Waals surface area contributed by atoms with E-state index in [2.05, 4.69) is 67.4 Å². The third kappa shape index (κ3) is 3.45. The number of benzene rings is 2. The van der Waals surface area contributed by atoms with Crippen molar-refractivity contribution in [1.29, 1.82) is 0 Å². The van der Waals surface area contributed by atoms with Gasteiger partial charge in [0.1, 0.15) is 0 Å². The van der Waals surface area contributed by atoms with E-state index in [1.165, 1.54) is 11.1 Å². The molecule has 1 heterocycles. The van der Waals surface area contributed by atoms with Crippen LogP contribution >= 0.6 is 0 Å². The molecule has 0 radical (unpaired) electrons. The van der Waals surface area contributed by atoms with E-state index >= 15 is 0 Å². The second-order valence-corrected chi connectivity index (χ2v) is 7.25. The summed E-state index contributed by atoms with van der Waals surface area (Å²) in [5, 5.41) is 15.2. The highest BCUT2D eigenvalue weighted by molar-refractivity contribution is 5.27. The molecule has 1 saturated heterocycles. The molecule has 1 aliphatic rings. The van der Waals surface area contributed by atoms with E-state index in [1.54, 1.807) is 0 Å². The second-order valence-electron chi connectivity index (χ2n) is 7.25. The topological polar surface area (TPSA) is 32.3 Å². The zero-order valence-electron chi connectivity index (χ0n) is 14.6. The van der Waals surface area contributed by atoms with Crippen LogP contribution in [0.1, 0.15) is 49.9 Å². The molecule has 1 fully saturated rings. The maximum atomic E-state index is 11.5. The Balaban J connectivity index is 1.98. The van der Waals surface area contributed by atoms with Crippen molar-refractivity contribution in [3.8, 4) is 0 Å². The molecular formula is C22H27NO. The van der Waals surface area contributed by atoms with Crippen molar-refractivity contribution in [3.05, 3.63) is 83.9 Å². The van der Waals surface area contributed by atoms with Crippen LogP contribution in [0, 0.1) is 5.92 Å². The minimum Gasteiger partial charge on any atom is -0.389 e. The largest absolute Gasteiger partial charge is 0.389 e. The fraction of sp³-hybridized carbons (Fsp3) is 0.364. The molecule has 0 aromatic heterocycles. The molecule has 2 nitrogen and oxygen atoms in total. The highest BCUT2D eigenvalue weighted by Crippen LogP contribution is 2.45. The maximum absolute atomic E-state index is 11.5. The number of hydrogen-bond acceptors (Lipinski definition) is 2. The van der Waals surface area contributed by atoms with Gasteiger partial charge in [0.05, 0.1) is 5.60 Å². The lowest BCUT2D eigenvalue weighted by molar-refractivity contribution is -0.0672. The Labute approximate surface area is 145 Å². The summed E-state index contributed by atoms with van der Waals surface area (Å²) in [6.45, 7) is 8.19. The molecule has 3 rings (SSSR count). The van der Waals surface area contributed by atoms with E-state index in [1.807, 2.05) is 19.1 Å². The van der Waals surface area contributed by atoms with Gasteiger partial charge in [0, 0.05) is 18.0 Å². The fourth-order valence-corrected chi connectivity index (χ4v) is 3.97. The van der Waals surface area contributed by atoms with Crippen LogP contribution in [0.4, 0.5) is 0 Å². The lowest BCUT2D eigenvalue weighted by Gasteiger charge is -2.48. The van der Waals surface area contributed by atoms with E-state index in [0.717, 1.165) is 5.57 Å². The van der Waals surface area contributed by atoms with Gasteiger partial charge in [-0.25, -0.2) is 0 Å². The average molecular weight is 321 g/mol. The number of hydrogen-bond donors (Lipinski definition) is 2. The third-order valence-corrected chi connectivity index (χ3v) is 5.25. The molecule has 2 heteroatoms. The molecule has 4 atom stereocenters. The summed E-state index contributed by atoms with van der Waals surface area (Å²) in [7, 11) is 0. The van der Waals surface area contributed by atoms with E-state index in [0.29, 0.717) is 12.8 Å². The Morgan fingerprint density at radius 2 is 1.62 bits per heavy atom. The molecule has 2 N–H and O–H groups in total. The number of nitrogens with one attached hydrogen (secondary N) is 1. The zero-order chi connectivity index (χ0) is 17.2. The number of piperidine rings is 1. The summed E-state index contributed by atoms with van der Waals surface area (Å²) in [6.07, 6.45) is 1.34. The lowest BCUT2D eigenvalue weighted by atomic mass is 9.69. The summed E-state index contributed by atoms with van der Waals surface area (Å²) in [5.74, 6) is 0.108. The fourth-order valence-electron chi connectivity index (χ4n) is 3.97. The van der Waals surface area contributed by atoms with Crippen molar-refractivity contribution in [2.75, 3.05) is 0 Å². The summed E-state index contributed by atoms with van der Waals surface area (Å²) >= 11 is 0. The van der Waals surface area contributed by atoms with Gasteiger partial charge in [-0.2, -0.15) is 0 Å². The smallest absolute Gasteiger partial charge is 0.0746 e. The molecule has 2 aromatic carbocycles. The highest BCUT2D eigenvalue weighted by atomic mass is 16.3. The van der Waals surface area contributed by atoms with Gasteiger partial charge >= 0.3 is 0 Å². The van der Waals surface area contributed by atoms with Crippen LogP contribution < -0.4 is 5.32 Å². The molecule has 2 aromatic rings. The normalized spacial score (nSPS) is 30.0. The van der Waals surface area contributed by atoms with E-state index in [-0.39, 0.29) is 18.0 Å². The Morgan fingerprint density at radius 3 is 2.17 bits per heavy atom. The van der Waals surface area contributed by atoms with Crippen LogP contribution in [-0.2, 0) is 0 Å². The van der Waals surface area contributed by atoms with Gasteiger partial charge in [-0.15, -0.1) is 6.58 Å². The van der Waals surface area contributed by atoms with Crippen LogP contribution in [0.15, 0.2) is 72.8 Å². The van der Waals surface area contributed by atoms with Gasteiger partial charge in [-0.3, -0.25) is 0 Å². The first-order valence-electron chi connectivity index (χ1n) is 8.72. The first-order chi connectivity index (χ1) is 11.5. The Kier molecular flexibility index (Phi) is 4.88. The van der Waals surface area contributed by atoms with E-state index in [9.17, 15) is 5.11 Å². The number of aliphatic hydroxyl groups is 1. The van der Waals surface area contributed by atoms with Gasteiger partial charge in [0.15, 0.2) is 0 Å². The standard InChI is InChI=1S/C22H27NO/c1-16(2)14-22(24)15-20(18-10-6-4-7-11-18)23-21(17(22)3)19-12-8-5-9-13-19/h4-13,17,20-21,23-24H,1,14-15H2,2-3H3. The lowest BCUT2D eigenvalue weighted by Crippen LogP contribution is -2.52. The van der Waals surface area contributed by atoms with Gasteiger partial charge < -0.3 is 10.4 Å². The quantitative estimate of drug-likeness (QED) is 0.793. The van der Waals surface area contributed by atoms with Crippen molar-refractivity contribution in [3.63, 3.8) is 0 Å². The first-order valence-corrected chi connectivity index (χ1v) is 8.72. The second kappa shape index (κ2) is 6.92. The van der Waals surface area contributed by atoms with Gasteiger partial charge in [0.2, 0.25) is 0 Å². The van der Waals surface area contributed by atoms with Crippen LogP contribution in [-0.4, -0.2) is 10.7 Å². The minimum absolute atomic E-state index is 0.108. The third-order valence-electron chi connectivity index (χ3n) is 5.25. The Bertz CT molecular complexity index is 682. The number of rotatable bonds is 4. The summed E-state index contributed by atoms with van der Waals surface area (Å²) in [5.41, 5.74) is 2.74. The van der Waals surface area contributed by atoms with Gasteiger partial charge in [-0.1, -0.05) is 73.2 Å². The molecular weight excluding hydrogens is 294 g/mol. The van der Waals surface area contributed by atoms with Crippen LogP contribution in [0.5, 0.6) is 0 Å². The molecule has 126 valence electrons. The maximum Gasteiger partial charge on any atom is 0.0746 e. The summed E-state index contributed by atoms with van der Waals surface area (Å²) in [6, 6.07) is 21.1. The van der Waals surface area contributed by atoms with Crippen LogP contribution in [0.2, 0.25) is 0 Å². The molecule has 0 saturated carbocycles. The van der Waals surface area contributed by atoms with Crippen LogP contribution in [0.3, 0.4) is 0 Å². The molecule has 0 spiro atoms. The molecule has 0 bridgehead atoms. The summed E-state index contributed by atoms with van der Waals surface area (Å²) < 4.78 is 0. The average Bonchev–Trinajstić information content (AvgIpc) is 2.58. The van der Waals surface area contributed by atoms with E-state index in [4.69, 9.17) is 0 Å². The summed E-state index contributed by atoms with van der Waals surface area (Å²) in [4.78, 5) is 0. The molecule has 4 unspecified atom stereocenters. The predicted octanol–water partition coefficient (Wildman–Crippen LogP) is 4.80. The van der Waals surface area contributed by atoms with Gasteiger partial charge in [0.25, 0.3) is 0 Å². The Morgan fingerprint density at radius 1 is 1.08 bits per heavy atom. The minimum atomic E-state index is -0.752. The Hall–Kier alpha value is -1.90. The molecule has 0 aliphatic carbocycles.